The molecule has 316 valence electrons. The number of nitrogens with one attached hydrogen (secondary N) is 5. The quantitative estimate of drug-likeness (QED) is 0.199. The van der Waals surface area contributed by atoms with Crippen LogP contribution in [-0.2, 0) is 52.5 Å². The highest BCUT2D eigenvalue weighted by atomic mass is 16.6. The summed E-state index contributed by atoms with van der Waals surface area (Å²) < 4.78 is 21.7. The zero-order valence-electron chi connectivity index (χ0n) is 33.9. The van der Waals surface area contributed by atoms with Crippen molar-refractivity contribution in [3.05, 3.63) is 0 Å². The van der Waals surface area contributed by atoms with Crippen molar-refractivity contribution in [2.75, 3.05) is 46.6 Å². The molecule has 7 amide bonds. The smallest absolute Gasteiger partial charge is 0.410 e. The predicted octanol–water partition coefficient (Wildman–Crippen LogP) is -0.298. The summed E-state index contributed by atoms with van der Waals surface area (Å²) in [5.41, 5.74) is -0.754. The molecule has 19 nitrogen and oxygen atoms in total. The molecule has 0 aromatic rings. The summed E-state index contributed by atoms with van der Waals surface area (Å²) in [6.45, 7) is 12.0. The minimum atomic E-state index is -1.55. The molecule has 3 aliphatic rings. The molecule has 3 saturated heterocycles. The number of esters is 1. The van der Waals surface area contributed by atoms with Gasteiger partial charge in [-0.1, -0.05) is 27.7 Å². The first-order valence-electron chi connectivity index (χ1n) is 19.4. The van der Waals surface area contributed by atoms with Gasteiger partial charge in [-0.3, -0.25) is 38.5 Å². The average molecular weight is 796 g/mol. The van der Waals surface area contributed by atoms with E-state index in [2.05, 4.69) is 31.3 Å². The molecule has 3 heterocycles. The van der Waals surface area contributed by atoms with Crippen LogP contribution in [0.15, 0.2) is 0 Å². The Bertz CT molecular complexity index is 1430. The van der Waals surface area contributed by atoms with Gasteiger partial charge in [-0.2, -0.15) is 0 Å². The summed E-state index contributed by atoms with van der Waals surface area (Å²) in [5, 5.41) is 13.0. The Balaban J connectivity index is 1.80. The lowest BCUT2D eigenvalue weighted by Crippen LogP contribution is -2.61. The molecule has 0 aromatic heterocycles. The van der Waals surface area contributed by atoms with Gasteiger partial charge in [-0.25, -0.2) is 4.79 Å². The van der Waals surface area contributed by atoms with Crippen LogP contribution in [0.2, 0.25) is 0 Å². The number of methoxy groups -OCH3 is 1. The van der Waals surface area contributed by atoms with Crippen LogP contribution in [0.1, 0.15) is 87.0 Å². The van der Waals surface area contributed by atoms with E-state index in [9.17, 15) is 38.4 Å². The summed E-state index contributed by atoms with van der Waals surface area (Å²) in [4.78, 5) is 109. The number of likely N-dealkylation sites (tertiary alicyclic amines) is 2. The summed E-state index contributed by atoms with van der Waals surface area (Å²) in [6, 6.07) is -5.27. The van der Waals surface area contributed by atoms with Gasteiger partial charge in [0.2, 0.25) is 35.8 Å². The molecule has 3 fully saturated rings. The van der Waals surface area contributed by atoms with E-state index in [1.54, 1.807) is 48.5 Å². The van der Waals surface area contributed by atoms with Crippen molar-refractivity contribution in [1.82, 2.24) is 36.4 Å². The molecule has 0 aromatic carbocycles. The first-order valence-corrected chi connectivity index (χ1v) is 19.4. The summed E-state index contributed by atoms with van der Waals surface area (Å²) >= 11 is 0. The van der Waals surface area contributed by atoms with E-state index in [1.807, 2.05) is 0 Å². The van der Waals surface area contributed by atoms with E-state index < -0.39 is 102 Å². The number of carbonyl (C=O) groups is 8. The summed E-state index contributed by atoms with van der Waals surface area (Å²) in [5.74, 6) is -5.55. The monoisotopic (exact) mass is 795 g/mol. The maximum absolute atomic E-state index is 13.8. The van der Waals surface area contributed by atoms with E-state index in [4.69, 9.17) is 14.2 Å². The zero-order chi connectivity index (χ0) is 41.7. The van der Waals surface area contributed by atoms with E-state index >= 15 is 0 Å². The molecule has 3 rings (SSSR count). The highest BCUT2D eigenvalue weighted by molar-refractivity contribution is 5.97. The number of carbonyl (C=O) groups excluding carboxylic acids is 8. The number of ether oxygens (including phenoxy) is 4. The largest absolute Gasteiger partial charge is 0.468 e. The van der Waals surface area contributed by atoms with Crippen LogP contribution in [0.3, 0.4) is 0 Å². The first kappa shape index (κ1) is 45.9. The minimum absolute atomic E-state index is 0.0181. The van der Waals surface area contributed by atoms with Crippen LogP contribution in [0.25, 0.3) is 0 Å². The van der Waals surface area contributed by atoms with Crippen molar-refractivity contribution >= 4 is 47.5 Å². The van der Waals surface area contributed by atoms with Crippen molar-refractivity contribution in [1.29, 1.82) is 0 Å². The van der Waals surface area contributed by atoms with E-state index in [-0.39, 0.29) is 32.3 Å². The number of hydrogen-bond donors (Lipinski definition) is 5. The number of nitrogens with zero attached hydrogens (tertiary/aromatic N) is 2. The Labute approximate surface area is 328 Å². The lowest BCUT2D eigenvalue weighted by Gasteiger charge is -2.32. The Morgan fingerprint density at radius 1 is 0.786 bits per heavy atom. The normalized spacial score (nSPS) is 26.1. The number of amides is 7. The molecule has 5 N–H and O–H groups in total. The van der Waals surface area contributed by atoms with Gasteiger partial charge in [0, 0.05) is 26.3 Å². The van der Waals surface area contributed by atoms with Crippen LogP contribution in [0.4, 0.5) is 4.79 Å². The molecule has 56 heavy (non-hydrogen) atoms. The van der Waals surface area contributed by atoms with E-state index in [0.717, 1.165) is 0 Å². The van der Waals surface area contributed by atoms with Crippen LogP contribution in [0, 0.1) is 11.8 Å². The molecule has 0 radical (unpaired) electrons. The van der Waals surface area contributed by atoms with Gasteiger partial charge in [0.1, 0.15) is 42.4 Å². The Morgan fingerprint density at radius 3 is 1.96 bits per heavy atom. The van der Waals surface area contributed by atoms with E-state index in [0.29, 0.717) is 45.1 Å². The topological polar surface area (TPSA) is 240 Å². The molecule has 19 heteroatoms. The average Bonchev–Trinajstić information content (AvgIpc) is 3.82. The molecule has 0 spiro atoms. The Hall–Kier alpha value is -4.52. The van der Waals surface area contributed by atoms with Crippen molar-refractivity contribution in [3.63, 3.8) is 0 Å². The highest BCUT2D eigenvalue weighted by Crippen LogP contribution is 2.26. The fraction of sp³-hybridized carbons (Fsp3) is 0.784. The summed E-state index contributed by atoms with van der Waals surface area (Å²) in [7, 11) is 1.17. The predicted molar refractivity (Wildman–Crippen MR) is 199 cm³/mol. The van der Waals surface area contributed by atoms with Gasteiger partial charge in [0.25, 0.3) is 5.91 Å². The Kier molecular flexibility index (Phi) is 17.3. The van der Waals surface area contributed by atoms with Crippen molar-refractivity contribution in [2.24, 2.45) is 11.8 Å². The molecular weight excluding hydrogens is 734 g/mol. The third-order valence-corrected chi connectivity index (χ3v) is 9.53. The number of hydrogen-bond acceptors (Lipinski definition) is 12. The maximum atomic E-state index is 13.8. The second-order valence-electron chi connectivity index (χ2n) is 15.9. The second-order valence-corrected chi connectivity index (χ2v) is 15.9. The minimum Gasteiger partial charge on any atom is -0.468 e. The standard InChI is InChI=1S/C37H61N7O12/c1-21(2)27-31(48)39-23(29(46)38-19-26(45)53-8)20-54-17-9-10-18-55-34(33(50)41-28(22(3)4)32(49)40-27)42-30(47)24-13-11-15-43(24)35(51)25-14-12-16-44(25)36(52)56-37(5,6)7/h21-25,27-28,34H,9-20H2,1-8H3,(H,38,46)(H,39,48)(H,40,49)(H,41,50)(H,42,47)/t23-,24-,25-,27-,28-,34-/m0/s1. The number of rotatable bonds is 8. The van der Waals surface area contributed by atoms with Crippen molar-refractivity contribution in [2.45, 2.75) is 129 Å². The van der Waals surface area contributed by atoms with Crippen molar-refractivity contribution < 1.29 is 57.3 Å². The maximum Gasteiger partial charge on any atom is 0.410 e. The molecule has 0 aliphatic carbocycles. The van der Waals surface area contributed by atoms with E-state index in [1.165, 1.54) is 16.9 Å². The van der Waals surface area contributed by atoms with Gasteiger partial charge in [0.05, 0.1) is 13.7 Å². The third-order valence-electron chi connectivity index (χ3n) is 9.53. The van der Waals surface area contributed by atoms with Gasteiger partial charge in [0.15, 0.2) is 0 Å². The second kappa shape index (κ2) is 21.1. The zero-order valence-corrected chi connectivity index (χ0v) is 33.9. The molecule has 0 unspecified atom stereocenters. The van der Waals surface area contributed by atoms with Gasteiger partial charge in [-0.15, -0.1) is 0 Å². The van der Waals surface area contributed by atoms with Crippen LogP contribution in [-0.4, -0.2) is 146 Å². The molecule has 0 saturated carbocycles. The SMILES string of the molecule is COC(=O)CNC(=O)[C@@H]1COCCCCO[C@H](NC(=O)[C@@H]2CCCN2C(=O)[C@@H]2CCCN2C(=O)OC(C)(C)C)C(=O)N[C@@H](C(C)C)C(=O)N[C@@H](C(C)C)C(=O)N1. The third kappa shape index (κ3) is 13.3. The lowest BCUT2D eigenvalue weighted by atomic mass is 9.99. The van der Waals surface area contributed by atoms with Crippen LogP contribution >= 0.6 is 0 Å². The first-order chi connectivity index (χ1) is 26.3. The van der Waals surface area contributed by atoms with Gasteiger partial charge >= 0.3 is 12.1 Å². The fourth-order valence-electron chi connectivity index (χ4n) is 6.51. The molecule has 0 bridgehead atoms. The molecule has 6 atom stereocenters. The lowest BCUT2D eigenvalue weighted by molar-refractivity contribution is -0.148. The summed E-state index contributed by atoms with van der Waals surface area (Å²) in [6.07, 6.45) is 0.456. The fourth-order valence-corrected chi connectivity index (χ4v) is 6.51. The molecular formula is C37H61N7O12. The Morgan fingerprint density at radius 2 is 1.36 bits per heavy atom. The highest BCUT2D eigenvalue weighted by Gasteiger charge is 2.44. The van der Waals surface area contributed by atoms with Crippen LogP contribution < -0.4 is 26.6 Å². The van der Waals surface area contributed by atoms with Crippen LogP contribution in [0.5, 0.6) is 0 Å². The molecule has 3 aliphatic heterocycles. The van der Waals surface area contributed by atoms with Gasteiger partial charge in [-0.05, 0) is 71.1 Å². The van der Waals surface area contributed by atoms with Gasteiger partial charge < -0.3 is 50.4 Å². The van der Waals surface area contributed by atoms with Crippen molar-refractivity contribution in [3.8, 4) is 0 Å².